The Morgan fingerprint density at radius 1 is 1.24 bits per heavy atom. The third-order valence-electron chi connectivity index (χ3n) is 4.86. The summed E-state index contributed by atoms with van der Waals surface area (Å²) in [6, 6.07) is 3.59. The maximum atomic E-state index is 10.8. The normalized spacial score (nSPS) is 18.9. The molecule has 0 bridgehead atoms. The molecule has 1 aromatic heterocycles. The first-order valence-electron chi connectivity index (χ1n) is 7.95. The molecule has 9 heteroatoms. The topological polar surface area (TPSA) is 73.6 Å². The van der Waals surface area contributed by atoms with E-state index in [1.165, 1.54) is 4.68 Å². The standard InChI is InChI=1S/C16H19BCl2N2O4/c1-15(2)16(3,4)25-17(24-15)9-5-6-10-12(13(9)18)14(19)21(20-10)8-7-11(22)23/h5-6H,7-8H2,1-4H3,(H,22,23). The van der Waals surface area contributed by atoms with Crippen molar-refractivity contribution in [1.29, 1.82) is 0 Å². The van der Waals surface area contributed by atoms with Gasteiger partial charge in [0.2, 0.25) is 0 Å². The maximum absolute atomic E-state index is 10.8. The van der Waals surface area contributed by atoms with Gasteiger partial charge in [-0.25, -0.2) is 0 Å². The van der Waals surface area contributed by atoms with Crippen LogP contribution in [0.2, 0.25) is 10.2 Å². The van der Waals surface area contributed by atoms with E-state index < -0.39 is 24.3 Å². The van der Waals surface area contributed by atoms with Gasteiger partial charge in [0.05, 0.1) is 40.1 Å². The van der Waals surface area contributed by atoms with E-state index in [1.807, 2.05) is 27.7 Å². The Kier molecular flexibility index (Phi) is 4.56. The van der Waals surface area contributed by atoms with E-state index in [-0.39, 0.29) is 13.0 Å². The summed E-state index contributed by atoms with van der Waals surface area (Å²) >= 11 is 13.0. The Balaban J connectivity index is 2.01. The van der Waals surface area contributed by atoms with Crippen LogP contribution in [-0.2, 0) is 20.6 Å². The predicted octanol–water partition coefficient (Wildman–Crippen LogP) is 3.12. The highest BCUT2D eigenvalue weighted by Crippen LogP contribution is 2.38. The number of nitrogens with zero attached hydrogens (tertiary/aromatic N) is 2. The van der Waals surface area contributed by atoms with Crippen LogP contribution in [0.1, 0.15) is 34.1 Å². The average Bonchev–Trinajstić information content (AvgIpc) is 2.91. The van der Waals surface area contributed by atoms with Crippen LogP contribution in [0.5, 0.6) is 0 Å². The molecule has 0 saturated carbocycles. The van der Waals surface area contributed by atoms with Crippen LogP contribution in [0.3, 0.4) is 0 Å². The zero-order valence-corrected chi connectivity index (χ0v) is 16.0. The molecule has 1 aliphatic rings. The Labute approximate surface area is 156 Å². The van der Waals surface area contributed by atoms with Crippen LogP contribution in [0.15, 0.2) is 12.1 Å². The molecule has 2 aromatic rings. The molecule has 0 amide bonds. The SMILES string of the molecule is CC1(C)OB(c2ccc3nn(CCC(=O)O)c(Cl)c3c2Cl)OC1(C)C. The molecule has 3 rings (SSSR count). The lowest BCUT2D eigenvalue weighted by atomic mass is 9.78. The number of rotatable bonds is 4. The molecule has 0 spiro atoms. The van der Waals surface area contributed by atoms with Crippen LogP contribution in [0.25, 0.3) is 10.9 Å². The van der Waals surface area contributed by atoms with Crippen molar-refractivity contribution in [2.75, 3.05) is 0 Å². The number of aryl methyl sites for hydroxylation is 1. The average molecular weight is 385 g/mol. The smallest absolute Gasteiger partial charge is 0.481 e. The van der Waals surface area contributed by atoms with E-state index in [0.29, 0.717) is 26.5 Å². The van der Waals surface area contributed by atoms with E-state index in [4.69, 9.17) is 37.6 Å². The minimum absolute atomic E-state index is 0.0740. The molecule has 1 fully saturated rings. The van der Waals surface area contributed by atoms with Gasteiger partial charge >= 0.3 is 13.1 Å². The molecule has 0 aliphatic carbocycles. The first-order chi connectivity index (χ1) is 11.5. The molecule has 1 aromatic carbocycles. The number of benzene rings is 1. The summed E-state index contributed by atoms with van der Waals surface area (Å²) in [7, 11) is -0.611. The third kappa shape index (κ3) is 3.14. The Morgan fingerprint density at radius 2 is 1.84 bits per heavy atom. The van der Waals surface area contributed by atoms with E-state index >= 15 is 0 Å². The van der Waals surface area contributed by atoms with E-state index in [2.05, 4.69) is 5.10 Å². The van der Waals surface area contributed by atoms with Crippen molar-refractivity contribution in [3.05, 3.63) is 22.3 Å². The van der Waals surface area contributed by atoms with E-state index in [9.17, 15) is 4.79 Å². The Hall–Kier alpha value is -1.28. The van der Waals surface area contributed by atoms with Gasteiger partial charge < -0.3 is 14.4 Å². The number of carbonyl (C=O) groups is 1. The van der Waals surface area contributed by atoms with Gasteiger partial charge in [-0.3, -0.25) is 9.48 Å². The van der Waals surface area contributed by atoms with Crippen molar-refractivity contribution in [3.63, 3.8) is 0 Å². The van der Waals surface area contributed by atoms with Crippen LogP contribution in [0.4, 0.5) is 0 Å². The maximum Gasteiger partial charge on any atom is 0.496 e. The molecule has 25 heavy (non-hydrogen) atoms. The van der Waals surface area contributed by atoms with Gasteiger partial charge in [0, 0.05) is 5.46 Å². The molecule has 134 valence electrons. The largest absolute Gasteiger partial charge is 0.496 e. The van der Waals surface area contributed by atoms with Crippen molar-refractivity contribution in [2.45, 2.75) is 51.9 Å². The minimum Gasteiger partial charge on any atom is -0.481 e. The third-order valence-corrected chi connectivity index (χ3v) is 5.65. The second-order valence-electron chi connectivity index (χ2n) is 7.11. The fourth-order valence-electron chi connectivity index (χ4n) is 2.67. The zero-order chi connectivity index (χ0) is 18.6. The van der Waals surface area contributed by atoms with Crippen LogP contribution in [-0.4, -0.2) is 39.2 Å². The molecular formula is C16H19BCl2N2O4. The van der Waals surface area contributed by atoms with Gasteiger partial charge in [0.25, 0.3) is 0 Å². The fourth-order valence-corrected chi connectivity index (χ4v) is 3.37. The van der Waals surface area contributed by atoms with E-state index in [0.717, 1.165) is 0 Å². The summed E-state index contributed by atoms with van der Waals surface area (Å²) in [5.41, 5.74) is 0.310. The summed E-state index contributed by atoms with van der Waals surface area (Å²) in [5.74, 6) is -0.917. The number of hydrogen-bond acceptors (Lipinski definition) is 4. The highest BCUT2D eigenvalue weighted by Gasteiger charge is 2.52. The molecule has 1 saturated heterocycles. The number of aromatic nitrogens is 2. The highest BCUT2D eigenvalue weighted by atomic mass is 35.5. The molecule has 1 aliphatic heterocycles. The van der Waals surface area contributed by atoms with Crippen molar-refractivity contribution in [1.82, 2.24) is 9.78 Å². The second kappa shape index (κ2) is 6.16. The number of carboxylic acid groups (broad SMARTS) is 1. The molecule has 0 unspecified atom stereocenters. The molecule has 6 nitrogen and oxygen atoms in total. The lowest BCUT2D eigenvalue weighted by molar-refractivity contribution is -0.137. The molecule has 2 heterocycles. The summed E-state index contributed by atoms with van der Waals surface area (Å²) in [6.07, 6.45) is -0.0740. The molecular weight excluding hydrogens is 366 g/mol. The molecule has 1 N–H and O–H groups in total. The second-order valence-corrected chi connectivity index (χ2v) is 7.84. The van der Waals surface area contributed by atoms with Gasteiger partial charge in [0.1, 0.15) is 5.15 Å². The predicted molar refractivity (Wildman–Crippen MR) is 97.7 cm³/mol. The summed E-state index contributed by atoms with van der Waals surface area (Å²) in [5, 5.41) is 14.4. The van der Waals surface area contributed by atoms with Gasteiger partial charge in [-0.05, 0) is 33.8 Å². The summed E-state index contributed by atoms with van der Waals surface area (Å²) < 4.78 is 13.5. The number of carboxylic acids is 1. The first-order valence-corrected chi connectivity index (χ1v) is 8.71. The lowest BCUT2D eigenvalue weighted by Gasteiger charge is -2.32. The Bertz CT molecular complexity index is 834. The van der Waals surface area contributed by atoms with Gasteiger partial charge in [-0.1, -0.05) is 29.3 Å². The van der Waals surface area contributed by atoms with Crippen molar-refractivity contribution in [3.8, 4) is 0 Å². The van der Waals surface area contributed by atoms with Crippen LogP contribution >= 0.6 is 23.2 Å². The van der Waals surface area contributed by atoms with E-state index in [1.54, 1.807) is 12.1 Å². The monoisotopic (exact) mass is 384 g/mol. The minimum atomic E-state index is -0.917. The molecule has 0 atom stereocenters. The molecule has 0 radical (unpaired) electrons. The van der Waals surface area contributed by atoms with Gasteiger partial charge in [0.15, 0.2) is 0 Å². The van der Waals surface area contributed by atoms with Crippen molar-refractivity contribution < 1.29 is 19.2 Å². The van der Waals surface area contributed by atoms with Gasteiger partial charge in [-0.2, -0.15) is 5.10 Å². The van der Waals surface area contributed by atoms with Gasteiger partial charge in [-0.15, -0.1) is 0 Å². The highest BCUT2D eigenvalue weighted by molar-refractivity contribution is 6.67. The number of hydrogen-bond donors (Lipinski definition) is 1. The first kappa shape index (κ1) is 18.5. The fraction of sp³-hybridized carbons (Fsp3) is 0.500. The number of fused-ring (bicyclic) bond motifs is 1. The van der Waals surface area contributed by atoms with Crippen LogP contribution < -0.4 is 5.46 Å². The lowest BCUT2D eigenvalue weighted by Crippen LogP contribution is -2.41. The summed E-state index contributed by atoms with van der Waals surface area (Å²) in [6.45, 7) is 8.05. The summed E-state index contributed by atoms with van der Waals surface area (Å²) in [4.78, 5) is 10.8. The van der Waals surface area contributed by atoms with Crippen molar-refractivity contribution in [2.24, 2.45) is 0 Å². The Morgan fingerprint density at radius 3 is 2.40 bits per heavy atom. The number of aliphatic carboxylic acids is 1. The zero-order valence-electron chi connectivity index (χ0n) is 14.5. The number of halogens is 2. The van der Waals surface area contributed by atoms with Crippen LogP contribution in [0, 0.1) is 0 Å². The van der Waals surface area contributed by atoms with Crippen molar-refractivity contribution >= 4 is 52.7 Å². The quantitative estimate of drug-likeness (QED) is 0.819.